The van der Waals surface area contributed by atoms with Gasteiger partial charge in [0.25, 0.3) is 0 Å². The highest BCUT2D eigenvalue weighted by Gasteiger charge is 2.33. The topological polar surface area (TPSA) is 89.7 Å². The molecule has 1 aromatic carbocycles. The predicted octanol–water partition coefficient (Wildman–Crippen LogP) is 2.45. The monoisotopic (exact) mass is 328 g/mol. The second-order valence-electron chi connectivity index (χ2n) is 6.19. The van der Waals surface area contributed by atoms with Crippen LogP contribution in [0, 0.1) is 0 Å². The van der Waals surface area contributed by atoms with E-state index in [0.29, 0.717) is 17.1 Å². The van der Waals surface area contributed by atoms with Crippen molar-refractivity contribution >= 4 is 16.3 Å². The molecule has 0 heterocycles. The molecule has 0 saturated heterocycles. The van der Waals surface area contributed by atoms with Crippen LogP contribution in [0.15, 0.2) is 30.3 Å². The molecule has 1 atom stereocenters. The van der Waals surface area contributed by atoms with Gasteiger partial charge in [0.15, 0.2) is 0 Å². The first-order valence-electron chi connectivity index (χ1n) is 7.10. The van der Waals surface area contributed by atoms with Crippen LogP contribution < -0.4 is 5.14 Å². The summed E-state index contributed by atoms with van der Waals surface area (Å²) in [5.74, 6) is 0. The van der Waals surface area contributed by atoms with Gasteiger partial charge in [-0.2, -0.15) is 12.7 Å². The molecule has 1 rings (SSSR count). The average molecular weight is 328 g/mol. The zero-order chi connectivity index (χ0) is 17.0. The van der Waals surface area contributed by atoms with Gasteiger partial charge in [-0.25, -0.2) is 9.93 Å². The molecule has 0 bridgehead atoms. The van der Waals surface area contributed by atoms with Crippen LogP contribution in [0.1, 0.15) is 39.7 Å². The van der Waals surface area contributed by atoms with E-state index in [1.165, 1.54) is 0 Å². The SMILES string of the molecule is CC(CCc1ccccc1)N(C(=O)OC(C)(C)C)S(N)(=O)=O. The van der Waals surface area contributed by atoms with Crippen LogP contribution in [-0.4, -0.2) is 30.5 Å². The van der Waals surface area contributed by atoms with E-state index >= 15 is 0 Å². The number of nitrogens with zero attached hydrogens (tertiary/aromatic N) is 1. The lowest BCUT2D eigenvalue weighted by atomic mass is 10.1. The molecule has 0 aliphatic rings. The summed E-state index contributed by atoms with van der Waals surface area (Å²) in [6, 6.07) is 9.02. The Morgan fingerprint density at radius 3 is 2.27 bits per heavy atom. The Morgan fingerprint density at radius 2 is 1.82 bits per heavy atom. The van der Waals surface area contributed by atoms with Crippen molar-refractivity contribution in [3.05, 3.63) is 35.9 Å². The van der Waals surface area contributed by atoms with Crippen LogP contribution in [0.5, 0.6) is 0 Å². The van der Waals surface area contributed by atoms with Crippen molar-refractivity contribution in [3.63, 3.8) is 0 Å². The number of aryl methyl sites for hydroxylation is 1. The van der Waals surface area contributed by atoms with E-state index in [1.807, 2.05) is 30.3 Å². The van der Waals surface area contributed by atoms with Gasteiger partial charge in [-0.1, -0.05) is 30.3 Å². The third-order valence-corrected chi connectivity index (χ3v) is 4.00. The average Bonchev–Trinajstić information content (AvgIpc) is 2.33. The maximum atomic E-state index is 12.1. The van der Waals surface area contributed by atoms with Gasteiger partial charge in [0, 0.05) is 0 Å². The molecule has 0 radical (unpaired) electrons. The fourth-order valence-corrected chi connectivity index (χ4v) is 2.83. The zero-order valence-electron chi connectivity index (χ0n) is 13.4. The number of rotatable bonds is 5. The Labute approximate surface area is 132 Å². The Bertz CT molecular complexity index is 594. The van der Waals surface area contributed by atoms with E-state index < -0.39 is 27.9 Å². The van der Waals surface area contributed by atoms with Gasteiger partial charge in [0.05, 0.1) is 6.04 Å². The summed E-state index contributed by atoms with van der Waals surface area (Å²) in [4.78, 5) is 12.1. The van der Waals surface area contributed by atoms with E-state index in [2.05, 4.69) is 0 Å². The smallest absolute Gasteiger partial charge is 0.425 e. The Kier molecular flexibility index (Phi) is 5.96. The van der Waals surface area contributed by atoms with Crippen molar-refractivity contribution in [3.8, 4) is 0 Å². The van der Waals surface area contributed by atoms with Gasteiger partial charge in [-0.3, -0.25) is 0 Å². The number of hydrogen-bond donors (Lipinski definition) is 1. The summed E-state index contributed by atoms with van der Waals surface area (Å²) in [7, 11) is -4.18. The summed E-state index contributed by atoms with van der Waals surface area (Å²) < 4.78 is 29.2. The molecule has 0 aromatic heterocycles. The molecule has 2 N–H and O–H groups in total. The summed E-state index contributed by atoms with van der Waals surface area (Å²) in [5, 5.41) is 5.17. The van der Waals surface area contributed by atoms with Crippen molar-refractivity contribution in [1.29, 1.82) is 0 Å². The number of carbonyl (C=O) groups is 1. The van der Waals surface area contributed by atoms with Crippen molar-refractivity contribution in [2.24, 2.45) is 5.14 Å². The number of carbonyl (C=O) groups excluding carboxylic acids is 1. The fraction of sp³-hybridized carbons (Fsp3) is 0.533. The van der Waals surface area contributed by atoms with E-state index in [9.17, 15) is 13.2 Å². The Hall–Kier alpha value is -1.60. The molecule has 22 heavy (non-hydrogen) atoms. The van der Waals surface area contributed by atoms with E-state index in [1.54, 1.807) is 27.7 Å². The van der Waals surface area contributed by atoms with Gasteiger partial charge >= 0.3 is 16.3 Å². The van der Waals surface area contributed by atoms with Crippen molar-refractivity contribution < 1.29 is 17.9 Å². The zero-order valence-corrected chi connectivity index (χ0v) is 14.3. The van der Waals surface area contributed by atoms with Crippen LogP contribution in [0.4, 0.5) is 4.79 Å². The Morgan fingerprint density at radius 1 is 1.27 bits per heavy atom. The van der Waals surface area contributed by atoms with Crippen LogP contribution in [-0.2, 0) is 21.4 Å². The molecule has 1 aromatic rings. The molecule has 7 heteroatoms. The minimum absolute atomic E-state index is 0.458. The van der Waals surface area contributed by atoms with Gasteiger partial charge in [-0.05, 0) is 46.1 Å². The number of nitrogens with two attached hydrogens (primary N) is 1. The van der Waals surface area contributed by atoms with E-state index in [-0.39, 0.29) is 0 Å². The first-order valence-corrected chi connectivity index (χ1v) is 8.60. The third kappa shape index (κ3) is 6.03. The molecule has 0 aliphatic carbocycles. The number of hydrogen-bond acceptors (Lipinski definition) is 4. The minimum Gasteiger partial charge on any atom is -0.443 e. The van der Waals surface area contributed by atoms with Gasteiger partial charge in [0.2, 0.25) is 0 Å². The highest BCUT2D eigenvalue weighted by molar-refractivity contribution is 7.87. The molecule has 124 valence electrons. The normalized spacial score (nSPS) is 13.5. The molecule has 1 unspecified atom stereocenters. The van der Waals surface area contributed by atoms with Crippen LogP contribution in [0.2, 0.25) is 0 Å². The molecule has 1 amide bonds. The maximum absolute atomic E-state index is 12.1. The van der Waals surface area contributed by atoms with Crippen LogP contribution >= 0.6 is 0 Å². The highest BCUT2D eigenvalue weighted by atomic mass is 32.2. The summed E-state index contributed by atoms with van der Waals surface area (Å²) in [5.41, 5.74) is 0.270. The van der Waals surface area contributed by atoms with Crippen molar-refractivity contribution in [1.82, 2.24) is 4.31 Å². The molecular formula is C15H24N2O4S. The summed E-state index contributed by atoms with van der Waals surface area (Å²) in [6.45, 7) is 6.64. The second-order valence-corrected chi connectivity index (χ2v) is 7.62. The van der Waals surface area contributed by atoms with E-state index in [0.717, 1.165) is 5.56 Å². The first-order chi connectivity index (χ1) is 10.0. The lowest BCUT2D eigenvalue weighted by molar-refractivity contribution is 0.0343. The standard InChI is InChI=1S/C15H24N2O4S/c1-12(10-11-13-8-6-5-7-9-13)17(22(16,19)20)14(18)21-15(2,3)4/h5-9,12H,10-11H2,1-4H3,(H2,16,19,20). The van der Waals surface area contributed by atoms with E-state index in [4.69, 9.17) is 9.88 Å². The maximum Gasteiger partial charge on any atom is 0.425 e. The largest absolute Gasteiger partial charge is 0.443 e. The third-order valence-electron chi connectivity index (χ3n) is 2.94. The number of benzene rings is 1. The molecule has 6 nitrogen and oxygen atoms in total. The van der Waals surface area contributed by atoms with Crippen LogP contribution in [0.25, 0.3) is 0 Å². The van der Waals surface area contributed by atoms with Crippen molar-refractivity contribution in [2.45, 2.75) is 52.2 Å². The molecule has 0 aliphatic heterocycles. The second kappa shape index (κ2) is 7.11. The Balaban J connectivity index is 2.82. The lowest BCUT2D eigenvalue weighted by Crippen LogP contribution is -2.48. The molecule has 0 fully saturated rings. The fourth-order valence-electron chi connectivity index (χ4n) is 1.98. The van der Waals surface area contributed by atoms with Gasteiger partial charge < -0.3 is 4.74 Å². The number of ether oxygens (including phenoxy) is 1. The first kappa shape index (κ1) is 18.4. The predicted molar refractivity (Wildman–Crippen MR) is 85.4 cm³/mol. The van der Waals surface area contributed by atoms with Gasteiger partial charge in [-0.15, -0.1) is 0 Å². The molecular weight excluding hydrogens is 304 g/mol. The number of amides is 1. The molecule has 0 spiro atoms. The highest BCUT2D eigenvalue weighted by Crippen LogP contribution is 2.17. The van der Waals surface area contributed by atoms with Gasteiger partial charge in [0.1, 0.15) is 5.60 Å². The summed E-state index contributed by atoms with van der Waals surface area (Å²) >= 11 is 0. The minimum atomic E-state index is -4.18. The van der Waals surface area contributed by atoms with Crippen molar-refractivity contribution in [2.75, 3.05) is 0 Å². The quantitative estimate of drug-likeness (QED) is 0.899. The molecule has 0 saturated carbocycles. The lowest BCUT2D eigenvalue weighted by Gasteiger charge is -2.29. The summed E-state index contributed by atoms with van der Waals surface area (Å²) in [6.07, 6.45) is 0.145. The van der Waals surface area contributed by atoms with Crippen LogP contribution in [0.3, 0.4) is 0 Å².